The third kappa shape index (κ3) is 78.0. The van der Waals surface area contributed by atoms with E-state index in [1.807, 2.05) is 0 Å². The average Bonchev–Trinajstić information content (AvgIpc) is 0.930. The number of aliphatic hydroxyl groups excluding tert-OH is 1. The summed E-state index contributed by atoms with van der Waals surface area (Å²) in [5.74, 6) is -2.10. The van der Waals surface area contributed by atoms with Crippen LogP contribution in [0.1, 0.15) is 458 Å². The predicted molar refractivity (Wildman–Crippen MR) is 423 cm³/mol. The Morgan fingerprint density at radius 1 is 0.233 bits per heavy atom. The molecule has 0 rings (SSSR count). The van der Waals surface area contributed by atoms with E-state index in [0.29, 0.717) is 25.7 Å². The molecule has 0 spiro atoms. The summed E-state index contributed by atoms with van der Waals surface area (Å²) in [7, 11) is -9.92. The van der Waals surface area contributed by atoms with Crippen molar-refractivity contribution in [3.8, 4) is 0 Å². The summed E-state index contributed by atoms with van der Waals surface area (Å²) in [4.78, 5) is 73.2. The topological polar surface area (TPSA) is 237 Å². The molecule has 0 bridgehead atoms. The molecule has 0 saturated heterocycles. The second-order valence-corrected chi connectivity index (χ2v) is 33.1. The lowest BCUT2D eigenvalue weighted by Gasteiger charge is -2.21. The Kier molecular flexibility index (Phi) is 76.7. The Hall–Kier alpha value is -1.94. The summed E-state index contributed by atoms with van der Waals surface area (Å²) in [6.07, 6.45) is 72.0. The van der Waals surface area contributed by atoms with E-state index in [1.165, 1.54) is 289 Å². The molecule has 0 fully saturated rings. The zero-order chi connectivity index (χ0) is 75.3. The number of ether oxygens (including phenoxy) is 4. The first-order valence-electron chi connectivity index (χ1n) is 43.8. The van der Waals surface area contributed by atoms with Gasteiger partial charge in [0.05, 0.1) is 26.4 Å². The van der Waals surface area contributed by atoms with E-state index >= 15 is 0 Å². The van der Waals surface area contributed by atoms with E-state index in [9.17, 15) is 43.2 Å². The predicted octanol–water partition coefficient (Wildman–Crippen LogP) is 25.7. The smallest absolute Gasteiger partial charge is 0.462 e. The lowest BCUT2D eigenvalue weighted by Crippen LogP contribution is -2.30. The zero-order valence-electron chi connectivity index (χ0n) is 67.3. The van der Waals surface area contributed by atoms with Crippen LogP contribution in [0.15, 0.2) is 0 Å². The number of hydrogen-bond donors (Lipinski definition) is 3. The number of aliphatic hydroxyl groups is 1. The number of esters is 4. The maximum atomic E-state index is 13.1. The molecular weight excluding hydrogens is 1340 g/mol. The molecule has 2 unspecified atom stereocenters. The minimum atomic E-state index is -4.96. The van der Waals surface area contributed by atoms with Gasteiger partial charge in [-0.3, -0.25) is 37.3 Å². The molecule has 0 aliphatic carbocycles. The van der Waals surface area contributed by atoms with Gasteiger partial charge in [0.1, 0.15) is 19.3 Å². The fourth-order valence-electron chi connectivity index (χ4n) is 13.2. The molecule has 19 heteroatoms. The maximum Gasteiger partial charge on any atom is 0.472 e. The number of phosphoric acid groups is 2. The number of unbranched alkanes of at least 4 members (excludes halogenated alkanes) is 59. The quantitative estimate of drug-likeness (QED) is 0.0222. The van der Waals surface area contributed by atoms with Crippen LogP contribution < -0.4 is 0 Å². The number of rotatable bonds is 85. The molecule has 103 heavy (non-hydrogen) atoms. The van der Waals surface area contributed by atoms with Crippen molar-refractivity contribution >= 4 is 39.5 Å². The minimum Gasteiger partial charge on any atom is -0.462 e. The molecule has 0 saturated carbocycles. The molecule has 0 amide bonds. The van der Waals surface area contributed by atoms with Gasteiger partial charge in [0, 0.05) is 25.7 Å². The third-order valence-corrected chi connectivity index (χ3v) is 21.8. The summed E-state index contributed by atoms with van der Waals surface area (Å²) in [6, 6.07) is 0. The molecule has 612 valence electrons. The van der Waals surface area contributed by atoms with Gasteiger partial charge in [-0.1, -0.05) is 407 Å². The summed E-state index contributed by atoms with van der Waals surface area (Å²) in [5.41, 5.74) is 0. The van der Waals surface area contributed by atoms with Crippen molar-refractivity contribution in [3.05, 3.63) is 0 Å². The molecule has 0 aliphatic heterocycles. The van der Waals surface area contributed by atoms with Gasteiger partial charge in [0.25, 0.3) is 0 Å². The summed E-state index contributed by atoms with van der Waals surface area (Å²) >= 11 is 0. The lowest BCUT2D eigenvalue weighted by molar-refractivity contribution is -0.161. The molecule has 3 N–H and O–H groups in total. The molecule has 0 aromatic rings. The standard InChI is InChI=1S/C84H164O17P2/c1-5-9-13-17-21-25-29-33-36-38-39-41-43-47-51-55-59-63-67-71-84(89)101-80(75-95-82(87)69-65-61-57-53-49-46-42-40-37-34-30-26-22-18-14-10-6-2)77-99-103(92,93)97-73-78(85)72-96-102(90,91)98-76-79(74-94-81(86)68-64-60-56-52-48-44-32-28-24-20-16-12-8-4)100-83(88)70-66-62-58-54-50-45-35-31-27-23-19-15-11-7-3/h78-80,85H,5-77H2,1-4H3,(H,90,91)(H,92,93)/t78-,79+,80+/m0/s1. The Labute approximate surface area is 632 Å². The second kappa shape index (κ2) is 78.2. The van der Waals surface area contributed by atoms with Gasteiger partial charge in [-0.05, 0) is 25.7 Å². The van der Waals surface area contributed by atoms with Gasteiger partial charge in [0.2, 0.25) is 0 Å². The SMILES string of the molecule is CCCCCCCCCCCCCCCCCCCCCC(=O)O[C@H](COC(=O)CCCCCCCCCCCCCCCCCCC)COP(=O)(O)OC[C@@H](O)COP(=O)(O)OC[C@@H](COC(=O)CCCCCCCCCCCCCCC)OC(=O)CCCCCCCCCCCCCCCC. The van der Waals surface area contributed by atoms with Crippen molar-refractivity contribution in [2.45, 2.75) is 476 Å². The highest BCUT2D eigenvalue weighted by molar-refractivity contribution is 7.47. The summed E-state index contributed by atoms with van der Waals surface area (Å²) < 4.78 is 68.9. The lowest BCUT2D eigenvalue weighted by atomic mass is 10.0. The van der Waals surface area contributed by atoms with Crippen LogP contribution in [0, 0.1) is 0 Å². The van der Waals surface area contributed by atoms with E-state index in [2.05, 4.69) is 27.7 Å². The van der Waals surface area contributed by atoms with E-state index in [4.69, 9.17) is 37.0 Å². The first kappa shape index (κ1) is 101. The van der Waals surface area contributed by atoms with Gasteiger partial charge in [-0.2, -0.15) is 0 Å². The fraction of sp³-hybridized carbons (Fsp3) is 0.952. The van der Waals surface area contributed by atoms with Crippen LogP contribution >= 0.6 is 15.6 Å². The largest absolute Gasteiger partial charge is 0.472 e. The molecule has 0 aliphatic rings. The second-order valence-electron chi connectivity index (χ2n) is 30.2. The highest BCUT2D eigenvalue weighted by atomic mass is 31.2. The van der Waals surface area contributed by atoms with Crippen LogP contribution in [-0.4, -0.2) is 96.7 Å². The number of carbonyl (C=O) groups is 4. The van der Waals surface area contributed by atoms with Crippen molar-refractivity contribution in [1.29, 1.82) is 0 Å². The number of hydrogen-bond acceptors (Lipinski definition) is 15. The van der Waals surface area contributed by atoms with Gasteiger partial charge in [0.15, 0.2) is 12.2 Å². The maximum absolute atomic E-state index is 13.1. The first-order valence-corrected chi connectivity index (χ1v) is 46.8. The normalized spacial score (nSPS) is 13.7. The van der Waals surface area contributed by atoms with E-state index in [0.717, 1.165) is 89.9 Å². The third-order valence-electron chi connectivity index (χ3n) is 19.9. The van der Waals surface area contributed by atoms with E-state index in [1.54, 1.807) is 0 Å². The minimum absolute atomic E-state index is 0.109. The van der Waals surface area contributed by atoms with Crippen molar-refractivity contribution in [2.75, 3.05) is 39.6 Å². The van der Waals surface area contributed by atoms with Crippen LogP contribution in [-0.2, 0) is 65.4 Å². The molecular formula is C84H164O17P2. The van der Waals surface area contributed by atoms with Gasteiger partial charge in [-0.15, -0.1) is 0 Å². The van der Waals surface area contributed by atoms with Gasteiger partial charge >= 0.3 is 39.5 Å². The average molecular weight is 1510 g/mol. The Morgan fingerprint density at radius 3 is 0.573 bits per heavy atom. The van der Waals surface area contributed by atoms with Crippen LogP contribution in [0.25, 0.3) is 0 Å². The van der Waals surface area contributed by atoms with Gasteiger partial charge < -0.3 is 33.8 Å². The highest BCUT2D eigenvalue weighted by Crippen LogP contribution is 2.45. The van der Waals surface area contributed by atoms with Crippen molar-refractivity contribution in [3.63, 3.8) is 0 Å². The molecule has 0 heterocycles. The molecule has 5 atom stereocenters. The van der Waals surface area contributed by atoms with Crippen LogP contribution in [0.2, 0.25) is 0 Å². The van der Waals surface area contributed by atoms with Crippen molar-refractivity contribution in [2.24, 2.45) is 0 Å². The number of phosphoric ester groups is 2. The van der Waals surface area contributed by atoms with Crippen molar-refractivity contribution in [1.82, 2.24) is 0 Å². The highest BCUT2D eigenvalue weighted by Gasteiger charge is 2.30. The Bertz CT molecular complexity index is 1950. The van der Waals surface area contributed by atoms with E-state index < -0.39 is 97.5 Å². The first-order chi connectivity index (χ1) is 50.2. The molecule has 0 radical (unpaired) electrons. The summed E-state index contributed by atoms with van der Waals surface area (Å²) in [5, 5.41) is 10.7. The van der Waals surface area contributed by atoms with E-state index in [-0.39, 0.29) is 25.7 Å². The van der Waals surface area contributed by atoms with Gasteiger partial charge in [-0.25, -0.2) is 9.13 Å². The molecule has 0 aromatic carbocycles. The Balaban J connectivity index is 5.25. The fourth-order valence-corrected chi connectivity index (χ4v) is 14.7. The monoisotopic (exact) mass is 1510 g/mol. The zero-order valence-corrected chi connectivity index (χ0v) is 69.1. The Morgan fingerprint density at radius 2 is 0.388 bits per heavy atom. The van der Waals surface area contributed by atoms with Crippen LogP contribution in [0.4, 0.5) is 0 Å². The van der Waals surface area contributed by atoms with Crippen LogP contribution in [0.3, 0.4) is 0 Å². The molecule has 17 nitrogen and oxygen atoms in total. The van der Waals surface area contributed by atoms with Crippen molar-refractivity contribution < 1.29 is 80.2 Å². The number of carbonyl (C=O) groups excluding carboxylic acids is 4. The summed E-state index contributed by atoms with van der Waals surface area (Å²) in [6.45, 7) is 5.06. The van der Waals surface area contributed by atoms with Crippen LogP contribution in [0.5, 0.6) is 0 Å². The molecule has 0 aromatic heterocycles.